The highest BCUT2D eigenvalue weighted by Gasteiger charge is 2.12. The Labute approximate surface area is 242 Å². The van der Waals surface area contributed by atoms with E-state index in [1.165, 1.54) is 62.6 Å². The monoisotopic (exact) mass is 606 g/mol. The second kappa shape index (κ2) is 17.6. The van der Waals surface area contributed by atoms with Crippen LogP contribution in [0.4, 0.5) is 5.69 Å². The molecule has 1 N–H and O–H groups in total. The predicted octanol–water partition coefficient (Wildman–Crippen LogP) is 5.60. The summed E-state index contributed by atoms with van der Waals surface area (Å²) in [6.45, 7) is 5.80. The second-order valence-electron chi connectivity index (χ2n) is 9.46. The van der Waals surface area contributed by atoms with Gasteiger partial charge >= 0.3 is 0 Å². The second-order valence-corrected chi connectivity index (χ2v) is 10.6. The van der Waals surface area contributed by atoms with Crippen molar-refractivity contribution in [1.29, 1.82) is 0 Å². The highest BCUT2D eigenvalue weighted by molar-refractivity contribution is 7.07. The molecule has 0 atom stereocenters. The van der Waals surface area contributed by atoms with Crippen molar-refractivity contribution >= 4 is 34.5 Å². The first-order valence-electron chi connectivity index (χ1n) is 13.3. The molecule has 202 valence electrons. The Bertz CT molecular complexity index is 1070. The zero-order valence-electron chi connectivity index (χ0n) is 22.1. The number of hydrogen-bond acceptors (Lipinski definition) is 3. The fourth-order valence-corrected chi connectivity index (χ4v) is 5.09. The number of aryl methyl sites for hydroxylation is 1. The van der Waals surface area contributed by atoms with Crippen LogP contribution in [0.2, 0.25) is 5.02 Å². The van der Waals surface area contributed by atoms with Crippen LogP contribution >= 0.6 is 22.9 Å². The van der Waals surface area contributed by atoms with Crippen molar-refractivity contribution in [3.05, 3.63) is 75.2 Å². The molecule has 1 aromatic heterocycles. The molecule has 1 heterocycles. The smallest absolute Gasteiger partial charge is 0.255 e. The van der Waals surface area contributed by atoms with Gasteiger partial charge in [-0.2, -0.15) is 4.57 Å². The number of thiazole rings is 1. The summed E-state index contributed by atoms with van der Waals surface area (Å²) in [5.41, 5.74) is 5.84. The molecule has 7 heteroatoms. The number of carbonyl (C=O) groups excluding carboxylic acids is 1. The zero-order chi connectivity index (χ0) is 25.6. The molecule has 0 saturated carbocycles. The van der Waals surface area contributed by atoms with Crippen molar-refractivity contribution in [1.82, 2.24) is 0 Å². The number of rotatable bonds is 16. The Morgan fingerprint density at radius 1 is 0.946 bits per heavy atom. The van der Waals surface area contributed by atoms with Gasteiger partial charge in [-0.15, -0.1) is 0 Å². The van der Waals surface area contributed by atoms with E-state index in [0.29, 0.717) is 22.9 Å². The molecule has 0 aliphatic heterocycles. The number of hydrogen-bond donors (Lipinski definition) is 1. The zero-order valence-corrected chi connectivity index (χ0v) is 25.3. The lowest BCUT2D eigenvalue weighted by Gasteiger charge is -2.11. The topological polar surface area (TPSA) is 42.2 Å². The minimum absolute atomic E-state index is 0. The number of amides is 1. The predicted molar refractivity (Wildman–Crippen MR) is 152 cm³/mol. The summed E-state index contributed by atoms with van der Waals surface area (Å²) in [5.74, 6) is 0.394. The van der Waals surface area contributed by atoms with Crippen LogP contribution in [0, 0.1) is 6.92 Å². The van der Waals surface area contributed by atoms with E-state index in [0.717, 1.165) is 25.1 Å². The van der Waals surface area contributed by atoms with E-state index < -0.39 is 0 Å². The Balaban J connectivity index is 0.00000481. The summed E-state index contributed by atoms with van der Waals surface area (Å²) in [7, 11) is 0. The standard InChI is InChI=1S/C30H39ClN2O2S.BrH/c1-3-4-5-6-7-8-9-10-11-12-19-35-29-20-26(15-18-28(29)31)30(34)32-27-16-13-25(14-17-27)21-33-23-36-22-24(33)2;/h13-18,20,22-23H,3-12,19,21H2,1-2H3;1H. The van der Waals surface area contributed by atoms with Gasteiger partial charge in [-0.25, -0.2) is 0 Å². The number of aromatic nitrogens is 1. The highest BCUT2D eigenvalue weighted by Crippen LogP contribution is 2.26. The van der Waals surface area contributed by atoms with Gasteiger partial charge in [-0.1, -0.05) is 99.8 Å². The molecular weight excluding hydrogens is 568 g/mol. The third-order valence-corrected chi connectivity index (χ3v) is 7.56. The van der Waals surface area contributed by atoms with Crippen LogP contribution in [0.1, 0.15) is 92.7 Å². The van der Waals surface area contributed by atoms with Crippen molar-refractivity contribution in [2.45, 2.75) is 84.6 Å². The molecule has 3 rings (SSSR count). The largest absolute Gasteiger partial charge is 1.00 e. The summed E-state index contributed by atoms with van der Waals surface area (Å²) in [6, 6.07) is 13.2. The summed E-state index contributed by atoms with van der Waals surface area (Å²) in [4.78, 5) is 12.8. The van der Waals surface area contributed by atoms with Gasteiger partial charge in [0.05, 0.1) is 17.0 Å². The number of ether oxygens (including phenoxy) is 1. The fourth-order valence-electron chi connectivity index (χ4n) is 4.14. The molecular formula is C30H40BrClN2O2S. The maximum absolute atomic E-state index is 12.8. The van der Waals surface area contributed by atoms with Crippen LogP contribution in [-0.4, -0.2) is 12.5 Å². The summed E-state index contributed by atoms with van der Waals surface area (Å²) >= 11 is 8.02. The SMILES string of the molecule is CCCCCCCCCCCCOc1cc(C(=O)Nc2ccc(C[n+]3cscc3C)cc2)ccc1Cl.[Br-]. The van der Waals surface area contributed by atoms with Crippen molar-refractivity contribution in [2.24, 2.45) is 0 Å². The molecule has 4 nitrogen and oxygen atoms in total. The van der Waals surface area contributed by atoms with E-state index in [4.69, 9.17) is 16.3 Å². The number of halogens is 2. The maximum atomic E-state index is 12.8. The minimum Gasteiger partial charge on any atom is -1.00 e. The molecule has 0 spiro atoms. The van der Waals surface area contributed by atoms with Gasteiger partial charge in [0, 0.05) is 23.7 Å². The molecule has 2 aromatic carbocycles. The number of benzene rings is 2. The van der Waals surface area contributed by atoms with Gasteiger partial charge in [0.25, 0.3) is 5.91 Å². The fraction of sp³-hybridized carbons (Fsp3) is 0.467. The number of unbranched alkanes of at least 4 members (excludes halogenated alkanes) is 9. The van der Waals surface area contributed by atoms with Crippen molar-refractivity contribution in [3.8, 4) is 5.75 Å². The lowest BCUT2D eigenvalue weighted by Crippen LogP contribution is -3.00. The average Bonchev–Trinajstić information content (AvgIpc) is 3.28. The first-order valence-corrected chi connectivity index (χ1v) is 14.6. The Morgan fingerprint density at radius 3 is 2.22 bits per heavy atom. The molecule has 0 saturated heterocycles. The summed E-state index contributed by atoms with van der Waals surface area (Å²) < 4.78 is 8.12. The lowest BCUT2D eigenvalue weighted by atomic mass is 10.1. The normalized spacial score (nSPS) is 10.7. The van der Waals surface area contributed by atoms with Gasteiger partial charge in [0.15, 0.2) is 12.2 Å². The van der Waals surface area contributed by atoms with Gasteiger partial charge in [0.2, 0.25) is 5.51 Å². The molecule has 0 unspecified atom stereocenters. The molecule has 1 amide bonds. The molecule has 0 aliphatic carbocycles. The van der Waals surface area contributed by atoms with Crippen LogP contribution in [0.3, 0.4) is 0 Å². The van der Waals surface area contributed by atoms with Gasteiger partial charge in [-0.3, -0.25) is 4.79 Å². The molecule has 0 radical (unpaired) electrons. The van der Waals surface area contributed by atoms with E-state index in [1.54, 1.807) is 29.5 Å². The Kier molecular flexibility index (Phi) is 14.9. The quantitative estimate of drug-likeness (QED) is 0.170. The number of anilines is 1. The first kappa shape index (κ1) is 31.3. The van der Waals surface area contributed by atoms with E-state index >= 15 is 0 Å². The molecule has 0 fully saturated rings. The Morgan fingerprint density at radius 2 is 1.59 bits per heavy atom. The van der Waals surface area contributed by atoms with Crippen LogP contribution < -0.4 is 31.6 Å². The van der Waals surface area contributed by atoms with Crippen LogP contribution in [-0.2, 0) is 6.54 Å². The third kappa shape index (κ3) is 11.2. The van der Waals surface area contributed by atoms with Crippen molar-refractivity contribution < 1.29 is 31.1 Å². The van der Waals surface area contributed by atoms with E-state index in [-0.39, 0.29) is 22.9 Å². The molecule has 3 aromatic rings. The van der Waals surface area contributed by atoms with Gasteiger partial charge < -0.3 is 27.0 Å². The first-order chi connectivity index (χ1) is 17.6. The number of nitrogens with one attached hydrogen (secondary N) is 1. The maximum Gasteiger partial charge on any atom is 0.255 e. The lowest BCUT2D eigenvalue weighted by molar-refractivity contribution is -0.689. The average molecular weight is 608 g/mol. The van der Waals surface area contributed by atoms with E-state index in [2.05, 4.69) is 34.6 Å². The highest BCUT2D eigenvalue weighted by atomic mass is 79.9. The van der Waals surface area contributed by atoms with Crippen LogP contribution in [0.25, 0.3) is 0 Å². The summed E-state index contributed by atoms with van der Waals surface area (Å²) in [6.07, 6.45) is 12.8. The molecule has 0 aliphatic rings. The van der Waals surface area contributed by atoms with Gasteiger partial charge in [0.1, 0.15) is 5.75 Å². The van der Waals surface area contributed by atoms with Crippen molar-refractivity contribution in [2.75, 3.05) is 11.9 Å². The Hall–Kier alpha value is -1.89. The molecule has 0 bridgehead atoms. The van der Waals surface area contributed by atoms with Crippen molar-refractivity contribution in [3.63, 3.8) is 0 Å². The van der Waals surface area contributed by atoms with Gasteiger partial charge in [-0.05, 0) is 36.8 Å². The third-order valence-electron chi connectivity index (χ3n) is 6.39. The van der Waals surface area contributed by atoms with E-state index in [9.17, 15) is 4.79 Å². The number of nitrogens with zero attached hydrogens (tertiary/aromatic N) is 1. The minimum atomic E-state index is -0.175. The molecule has 37 heavy (non-hydrogen) atoms. The van der Waals surface area contributed by atoms with Crippen LogP contribution in [0.15, 0.2) is 53.4 Å². The van der Waals surface area contributed by atoms with E-state index in [1.807, 2.05) is 24.3 Å². The summed E-state index contributed by atoms with van der Waals surface area (Å²) in [5, 5.41) is 5.64. The van der Waals surface area contributed by atoms with Crippen LogP contribution in [0.5, 0.6) is 5.75 Å². The number of carbonyl (C=O) groups is 1.